The molecule has 1 aliphatic heterocycles. The van der Waals surface area contributed by atoms with Gasteiger partial charge in [-0.25, -0.2) is 9.78 Å². The Hall–Kier alpha value is -3.23. The Balaban J connectivity index is 1.92. The van der Waals surface area contributed by atoms with Crippen molar-refractivity contribution in [1.82, 2.24) is 9.88 Å². The first-order valence-electron chi connectivity index (χ1n) is 11.0. The van der Waals surface area contributed by atoms with Crippen molar-refractivity contribution in [1.29, 1.82) is 0 Å². The predicted molar refractivity (Wildman–Crippen MR) is 123 cm³/mol. The maximum Gasteiger partial charge on any atom is 0.388 e. The van der Waals surface area contributed by atoms with Gasteiger partial charge in [-0.05, 0) is 55.5 Å². The van der Waals surface area contributed by atoms with Crippen LogP contribution in [0.4, 0.5) is 25.0 Å². The predicted octanol–water partition coefficient (Wildman–Crippen LogP) is 5.16. The van der Waals surface area contributed by atoms with E-state index in [1.54, 1.807) is 22.8 Å². The van der Waals surface area contributed by atoms with Gasteiger partial charge in [-0.1, -0.05) is 26.0 Å². The molecule has 1 fully saturated rings. The fourth-order valence-corrected chi connectivity index (χ4v) is 3.94. The van der Waals surface area contributed by atoms with Gasteiger partial charge in [-0.2, -0.15) is 8.78 Å². The van der Waals surface area contributed by atoms with Crippen LogP contribution in [0.3, 0.4) is 0 Å². The molecule has 0 radical (unpaired) electrons. The van der Waals surface area contributed by atoms with E-state index in [1.165, 1.54) is 13.0 Å². The molecule has 0 saturated carbocycles. The summed E-state index contributed by atoms with van der Waals surface area (Å²) in [5.41, 5.74) is 2.33. The summed E-state index contributed by atoms with van der Waals surface area (Å²) < 4.78 is 30.3. The van der Waals surface area contributed by atoms with E-state index in [1.807, 2.05) is 24.3 Å². The molecule has 0 spiro atoms. The minimum atomic E-state index is -3.07. The molecule has 1 saturated heterocycles. The van der Waals surface area contributed by atoms with Gasteiger partial charge in [0.05, 0.1) is 0 Å². The van der Waals surface area contributed by atoms with Gasteiger partial charge in [-0.3, -0.25) is 9.69 Å². The minimum Gasteiger partial charge on any atom is -0.415 e. The number of carbonyl (C=O) groups excluding carboxylic acids is 2. The number of hydrogen-bond donors (Lipinski definition) is 1. The molecule has 3 rings (SSSR count). The number of benzene rings is 1. The highest BCUT2D eigenvalue weighted by Crippen LogP contribution is 2.30. The van der Waals surface area contributed by atoms with Gasteiger partial charge in [0, 0.05) is 37.4 Å². The smallest absolute Gasteiger partial charge is 0.388 e. The third-order valence-electron chi connectivity index (χ3n) is 5.75. The number of anilines is 2. The number of piperidine rings is 1. The van der Waals surface area contributed by atoms with Crippen molar-refractivity contribution in [3.8, 4) is 5.88 Å². The fourth-order valence-electron chi connectivity index (χ4n) is 3.94. The average molecular weight is 461 g/mol. The lowest BCUT2D eigenvalue weighted by molar-refractivity contribution is -0.129. The Labute approximate surface area is 192 Å². The standard InChI is InChI=1S/C24H30F2N4O3/c1-15(2)18-6-5-7-20(14-18)30(19-10-12-29(13-11-19)17(4)31)24(32)28-21-9-8-16(3)27-22(21)33-23(25)26/h5-9,14-15,19,23H,10-13H2,1-4H3,(H,28,32). The molecule has 3 amide bonds. The molecule has 0 unspecified atom stereocenters. The molecule has 2 aromatic rings. The second-order valence-electron chi connectivity index (χ2n) is 8.47. The van der Waals surface area contributed by atoms with Crippen molar-refractivity contribution >= 4 is 23.3 Å². The second-order valence-corrected chi connectivity index (χ2v) is 8.47. The summed E-state index contributed by atoms with van der Waals surface area (Å²) in [4.78, 5) is 32.6. The Morgan fingerprint density at radius 2 is 1.88 bits per heavy atom. The van der Waals surface area contributed by atoms with E-state index in [4.69, 9.17) is 0 Å². The highest BCUT2D eigenvalue weighted by Gasteiger charge is 2.31. The number of pyridine rings is 1. The van der Waals surface area contributed by atoms with Crippen LogP contribution in [0, 0.1) is 6.92 Å². The molecule has 178 valence electrons. The number of ether oxygens (including phenoxy) is 1. The number of aromatic nitrogens is 1. The highest BCUT2D eigenvalue weighted by atomic mass is 19.3. The van der Waals surface area contributed by atoms with E-state index in [-0.39, 0.29) is 29.4 Å². The molecule has 0 aliphatic carbocycles. The SMILES string of the molecule is CC(=O)N1CCC(N(C(=O)Nc2ccc(C)nc2OC(F)F)c2cccc(C(C)C)c2)CC1. The van der Waals surface area contributed by atoms with Crippen LogP contribution in [0.15, 0.2) is 36.4 Å². The molecule has 1 N–H and O–H groups in total. The minimum absolute atomic E-state index is 0.00535. The zero-order chi connectivity index (χ0) is 24.1. The van der Waals surface area contributed by atoms with Crippen molar-refractivity contribution in [2.45, 2.75) is 59.1 Å². The van der Waals surface area contributed by atoms with Crippen molar-refractivity contribution in [2.24, 2.45) is 0 Å². The van der Waals surface area contributed by atoms with Gasteiger partial charge >= 0.3 is 12.6 Å². The molecule has 2 heterocycles. The Kier molecular flexibility index (Phi) is 7.84. The molecular formula is C24H30F2N4O3. The molecule has 33 heavy (non-hydrogen) atoms. The summed E-state index contributed by atoms with van der Waals surface area (Å²) in [5.74, 6) is -0.0619. The largest absolute Gasteiger partial charge is 0.415 e. The van der Waals surface area contributed by atoms with Crippen LogP contribution in [0.1, 0.15) is 50.8 Å². The zero-order valence-corrected chi connectivity index (χ0v) is 19.3. The zero-order valence-electron chi connectivity index (χ0n) is 19.3. The van der Waals surface area contributed by atoms with Crippen LogP contribution >= 0.6 is 0 Å². The quantitative estimate of drug-likeness (QED) is 0.646. The molecule has 1 aromatic carbocycles. The number of nitrogens with one attached hydrogen (secondary N) is 1. The molecule has 1 aliphatic rings. The Morgan fingerprint density at radius 3 is 2.48 bits per heavy atom. The number of alkyl halides is 2. The van der Waals surface area contributed by atoms with Gasteiger partial charge < -0.3 is 15.0 Å². The number of halogens is 2. The van der Waals surface area contributed by atoms with E-state index in [0.29, 0.717) is 37.3 Å². The summed E-state index contributed by atoms with van der Waals surface area (Å²) in [6.45, 7) is 5.34. The summed E-state index contributed by atoms with van der Waals surface area (Å²) in [6.07, 6.45) is 1.21. The molecule has 0 atom stereocenters. The van der Waals surface area contributed by atoms with Crippen LogP contribution in [-0.2, 0) is 4.79 Å². The van der Waals surface area contributed by atoms with E-state index in [0.717, 1.165) is 5.56 Å². The van der Waals surface area contributed by atoms with Gasteiger partial charge in [0.1, 0.15) is 5.69 Å². The lowest BCUT2D eigenvalue weighted by Gasteiger charge is -2.38. The summed E-state index contributed by atoms with van der Waals surface area (Å²) in [6, 6.07) is 10.2. The van der Waals surface area contributed by atoms with E-state index in [2.05, 4.69) is 28.9 Å². The number of likely N-dealkylation sites (tertiary alicyclic amines) is 1. The highest BCUT2D eigenvalue weighted by molar-refractivity contribution is 6.03. The molecule has 9 heteroatoms. The first-order chi connectivity index (χ1) is 15.7. The fraction of sp³-hybridized carbons (Fsp3) is 0.458. The number of aryl methyl sites for hydroxylation is 1. The lowest BCUT2D eigenvalue weighted by atomic mass is 9.99. The van der Waals surface area contributed by atoms with Crippen molar-refractivity contribution < 1.29 is 23.1 Å². The number of carbonyl (C=O) groups is 2. The van der Waals surface area contributed by atoms with Gasteiger partial charge in [0.15, 0.2) is 0 Å². The van der Waals surface area contributed by atoms with E-state index >= 15 is 0 Å². The van der Waals surface area contributed by atoms with Crippen LogP contribution in [-0.4, -0.2) is 47.6 Å². The van der Waals surface area contributed by atoms with Crippen LogP contribution < -0.4 is 15.0 Å². The lowest BCUT2D eigenvalue weighted by Crippen LogP contribution is -2.50. The molecular weight excluding hydrogens is 430 g/mol. The van der Waals surface area contributed by atoms with Crippen molar-refractivity contribution in [3.05, 3.63) is 47.7 Å². The first-order valence-corrected chi connectivity index (χ1v) is 11.0. The summed E-state index contributed by atoms with van der Waals surface area (Å²) >= 11 is 0. The van der Waals surface area contributed by atoms with Crippen molar-refractivity contribution in [2.75, 3.05) is 23.3 Å². The monoisotopic (exact) mass is 460 g/mol. The van der Waals surface area contributed by atoms with E-state index < -0.39 is 12.6 Å². The normalized spacial score (nSPS) is 14.5. The summed E-state index contributed by atoms with van der Waals surface area (Å²) in [5, 5.41) is 2.71. The van der Waals surface area contributed by atoms with Gasteiger partial charge in [0.25, 0.3) is 0 Å². The molecule has 7 nitrogen and oxygen atoms in total. The number of hydrogen-bond acceptors (Lipinski definition) is 4. The van der Waals surface area contributed by atoms with Gasteiger partial charge in [0.2, 0.25) is 11.8 Å². The molecule has 1 aromatic heterocycles. The van der Waals surface area contributed by atoms with Crippen LogP contribution in [0.25, 0.3) is 0 Å². The Morgan fingerprint density at radius 1 is 1.18 bits per heavy atom. The Bertz CT molecular complexity index is 991. The van der Waals surface area contributed by atoms with Crippen LogP contribution in [0.5, 0.6) is 5.88 Å². The second kappa shape index (κ2) is 10.6. The molecule has 0 bridgehead atoms. The third kappa shape index (κ3) is 6.18. The van der Waals surface area contributed by atoms with E-state index in [9.17, 15) is 18.4 Å². The number of amides is 3. The number of rotatable bonds is 6. The van der Waals surface area contributed by atoms with Crippen LogP contribution in [0.2, 0.25) is 0 Å². The first kappa shape index (κ1) is 24.4. The van der Waals surface area contributed by atoms with Gasteiger partial charge in [-0.15, -0.1) is 0 Å². The van der Waals surface area contributed by atoms with Crippen molar-refractivity contribution in [3.63, 3.8) is 0 Å². The average Bonchev–Trinajstić information content (AvgIpc) is 2.76. The maximum absolute atomic E-state index is 13.5. The summed E-state index contributed by atoms with van der Waals surface area (Å²) in [7, 11) is 0. The number of urea groups is 1. The third-order valence-corrected chi connectivity index (χ3v) is 5.75. The maximum atomic E-state index is 13.5. The topological polar surface area (TPSA) is 74.8 Å². The number of nitrogens with zero attached hydrogens (tertiary/aromatic N) is 3.